The number of fused-ring (bicyclic) bond motifs is 2. The monoisotopic (exact) mass is 407 g/mol. The van der Waals surface area contributed by atoms with Crippen LogP contribution < -0.4 is 14.9 Å². The summed E-state index contributed by atoms with van der Waals surface area (Å²) in [6, 6.07) is 8.69. The Morgan fingerprint density at radius 2 is 1.97 bits per heavy atom. The van der Waals surface area contributed by atoms with Crippen molar-refractivity contribution in [1.29, 1.82) is 0 Å². The highest BCUT2D eigenvalue weighted by Gasteiger charge is 2.21. The summed E-state index contributed by atoms with van der Waals surface area (Å²) in [5.41, 5.74) is 2.19. The summed E-state index contributed by atoms with van der Waals surface area (Å²) in [4.78, 5) is 15.6. The quantitative estimate of drug-likeness (QED) is 0.703. The zero-order chi connectivity index (χ0) is 20.7. The molecule has 0 saturated carbocycles. The molecular formula is C24H25NO5. The fourth-order valence-electron chi connectivity index (χ4n) is 4.46. The second-order valence-electron chi connectivity index (χ2n) is 8.26. The minimum atomic E-state index is -0.124. The molecule has 0 amide bonds. The molecule has 5 rings (SSSR count). The number of benzene rings is 2. The van der Waals surface area contributed by atoms with Gasteiger partial charge in [-0.25, -0.2) is 0 Å². The molecule has 6 heteroatoms. The average molecular weight is 407 g/mol. The average Bonchev–Trinajstić information content (AvgIpc) is 2.76. The molecule has 0 spiro atoms. The van der Waals surface area contributed by atoms with Gasteiger partial charge >= 0.3 is 0 Å². The van der Waals surface area contributed by atoms with Crippen LogP contribution in [0.2, 0.25) is 0 Å². The molecule has 6 nitrogen and oxygen atoms in total. The summed E-state index contributed by atoms with van der Waals surface area (Å²) in [7, 11) is 0. The van der Waals surface area contributed by atoms with Gasteiger partial charge in [0.05, 0.1) is 16.5 Å². The van der Waals surface area contributed by atoms with Crippen LogP contribution in [0.5, 0.6) is 17.2 Å². The Bertz CT molecular complexity index is 1150. The molecule has 1 atom stereocenters. The first-order valence-electron chi connectivity index (χ1n) is 10.5. The summed E-state index contributed by atoms with van der Waals surface area (Å²) >= 11 is 0. The lowest BCUT2D eigenvalue weighted by atomic mass is 9.99. The van der Waals surface area contributed by atoms with E-state index in [1.165, 1.54) is 12.7 Å². The normalized spacial score (nSPS) is 19.2. The number of phenols is 1. The van der Waals surface area contributed by atoms with Gasteiger partial charge in [-0.05, 0) is 55.1 Å². The summed E-state index contributed by atoms with van der Waals surface area (Å²) < 4.78 is 17.2. The van der Waals surface area contributed by atoms with Crippen molar-refractivity contribution in [2.45, 2.75) is 26.3 Å². The minimum absolute atomic E-state index is 0.124. The minimum Gasteiger partial charge on any atom is -0.507 e. The first-order chi connectivity index (χ1) is 14.6. The van der Waals surface area contributed by atoms with Crippen LogP contribution in [-0.4, -0.2) is 36.3 Å². The molecule has 2 aliphatic heterocycles. The SMILES string of the molecule is C[C@H]1CCCN(Cc2c(O)ccc3c(=O)c(-c4ccc5c(c4)OCCO5)coc23)C1. The molecule has 3 heterocycles. The van der Waals surface area contributed by atoms with Crippen molar-refractivity contribution in [3.63, 3.8) is 0 Å². The molecule has 2 aliphatic rings. The van der Waals surface area contributed by atoms with Crippen LogP contribution in [0.4, 0.5) is 0 Å². The molecule has 1 N–H and O–H groups in total. The van der Waals surface area contributed by atoms with E-state index in [0.717, 1.165) is 25.1 Å². The third-order valence-corrected chi connectivity index (χ3v) is 6.00. The molecule has 2 aromatic carbocycles. The van der Waals surface area contributed by atoms with Gasteiger partial charge in [0, 0.05) is 13.1 Å². The number of hydrogen-bond acceptors (Lipinski definition) is 6. The topological polar surface area (TPSA) is 72.1 Å². The predicted molar refractivity (Wildman–Crippen MR) is 114 cm³/mol. The molecule has 1 fully saturated rings. The van der Waals surface area contributed by atoms with Crippen molar-refractivity contribution in [3.8, 4) is 28.4 Å². The third kappa shape index (κ3) is 3.41. The zero-order valence-corrected chi connectivity index (χ0v) is 17.0. The van der Waals surface area contributed by atoms with Gasteiger partial charge in [-0.15, -0.1) is 0 Å². The summed E-state index contributed by atoms with van der Waals surface area (Å²) in [6.07, 6.45) is 3.86. The maximum Gasteiger partial charge on any atom is 0.200 e. The van der Waals surface area contributed by atoms with E-state index >= 15 is 0 Å². The smallest absolute Gasteiger partial charge is 0.200 e. The van der Waals surface area contributed by atoms with Crippen LogP contribution >= 0.6 is 0 Å². The summed E-state index contributed by atoms with van der Waals surface area (Å²) in [5, 5.41) is 11.0. The molecule has 3 aromatic rings. The molecule has 156 valence electrons. The van der Waals surface area contributed by atoms with E-state index in [9.17, 15) is 9.90 Å². The third-order valence-electron chi connectivity index (χ3n) is 6.00. The zero-order valence-electron chi connectivity index (χ0n) is 17.0. The molecule has 0 unspecified atom stereocenters. The Labute approximate surface area is 174 Å². The number of ether oxygens (including phenoxy) is 2. The van der Waals surface area contributed by atoms with Gasteiger partial charge < -0.3 is 19.0 Å². The second-order valence-corrected chi connectivity index (χ2v) is 8.26. The lowest BCUT2D eigenvalue weighted by Crippen LogP contribution is -2.33. The first-order valence-corrected chi connectivity index (χ1v) is 10.5. The molecule has 1 aromatic heterocycles. The van der Waals surface area contributed by atoms with Gasteiger partial charge in [0.1, 0.15) is 30.8 Å². The summed E-state index contributed by atoms with van der Waals surface area (Å²) in [5.74, 6) is 2.10. The second kappa shape index (κ2) is 7.69. The fraction of sp³-hybridized carbons (Fsp3) is 0.375. The van der Waals surface area contributed by atoms with Crippen molar-refractivity contribution in [3.05, 3.63) is 52.4 Å². The van der Waals surface area contributed by atoms with Crippen molar-refractivity contribution in [2.75, 3.05) is 26.3 Å². The van der Waals surface area contributed by atoms with E-state index < -0.39 is 0 Å². The molecule has 0 aliphatic carbocycles. The van der Waals surface area contributed by atoms with Gasteiger partial charge in [-0.2, -0.15) is 0 Å². The molecule has 30 heavy (non-hydrogen) atoms. The van der Waals surface area contributed by atoms with Gasteiger partial charge in [-0.1, -0.05) is 13.0 Å². The molecule has 0 radical (unpaired) electrons. The summed E-state index contributed by atoms with van der Waals surface area (Å²) in [6.45, 7) is 5.79. The fourth-order valence-corrected chi connectivity index (χ4v) is 4.46. The van der Waals surface area contributed by atoms with E-state index in [4.69, 9.17) is 13.9 Å². The maximum absolute atomic E-state index is 13.3. The van der Waals surface area contributed by atoms with Gasteiger partial charge in [-0.3, -0.25) is 9.69 Å². The van der Waals surface area contributed by atoms with E-state index in [1.807, 2.05) is 18.2 Å². The first kappa shape index (κ1) is 19.0. The van der Waals surface area contributed by atoms with Crippen molar-refractivity contribution >= 4 is 11.0 Å². The van der Waals surface area contributed by atoms with Crippen LogP contribution in [0.15, 0.2) is 45.8 Å². The van der Waals surface area contributed by atoms with E-state index in [-0.39, 0.29) is 11.2 Å². The largest absolute Gasteiger partial charge is 0.507 e. The highest BCUT2D eigenvalue weighted by atomic mass is 16.6. The Morgan fingerprint density at radius 3 is 2.80 bits per heavy atom. The van der Waals surface area contributed by atoms with E-state index in [1.54, 1.807) is 12.1 Å². The van der Waals surface area contributed by atoms with Gasteiger partial charge in [0.15, 0.2) is 11.5 Å². The van der Waals surface area contributed by atoms with Crippen LogP contribution in [-0.2, 0) is 6.54 Å². The van der Waals surface area contributed by atoms with Crippen LogP contribution in [0.3, 0.4) is 0 Å². The van der Waals surface area contributed by atoms with Gasteiger partial charge in [0.2, 0.25) is 5.43 Å². The predicted octanol–water partition coefficient (Wildman–Crippen LogP) is 4.17. The lowest BCUT2D eigenvalue weighted by Gasteiger charge is -2.31. The standard InChI is InChI=1S/C24H25NO5/c1-15-3-2-8-25(12-15)13-18-20(26)6-5-17-23(27)19(14-30-24(17)18)16-4-7-21-22(11-16)29-10-9-28-21/h4-7,11,14-15,26H,2-3,8-10,12-13H2,1H3/t15-/m0/s1. The molecule has 0 bridgehead atoms. The Morgan fingerprint density at radius 1 is 1.13 bits per heavy atom. The number of hydrogen-bond donors (Lipinski definition) is 1. The van der Waals surface area contributed by atoms with Crippen LogP contribution in [0.1, 0.15) is 25.3 Å². The Balaban J connectivity index is 1.55. The number of aromatic hydroxyl groups is 1. The van der Waals surface area contributed by atoms with Crippen LogP contribution in [0, 0.1) is 5.92 Å². The highest BCUT2D eigenvalue weighted by Crippen LogP contribution is 2.35. The number of nitrogens with zero attached hydrogens (tertiary/aromatic N) is 1. The number of piperidine rings is 1. The van der Waals surface area contributed by atoms with E-state index in [0.29, 0.717) is 59.3 Å². The van der Waals surface area contributed by atoms with Crippen LogP contribution in [0.25, 0.3) is 22.1 Å². The number of likely N-dealkylation sites (tertiary alicyclic amines) is 1. The Hall–Kier alpha value is -2.99. The van der Waals surface area contributed by atoms with Crippen molar-refractivity contribution in [2.24, 2.45) is 5.92 Å². The van der Waals surface area contributed by atoms with Gasteiger partial charge in [0.25, 0.3) is 0 Å². The number of phenolic OH excluding ortho intramolecular Hbond substituents is 1. The lowest BCUT2D eigenvalue weighted by molar-refractivity contribution is 0.171. The highest BCUT2D eigenvalue weighted by molar-refractivity contribution is 5.86. The van der Waals surface area contributed by atoms with Crippen molar-refractivity contribution in [1.82, 2.24) is 4.90 Å². The van der Waals surface area contributed by atoms with E-state index in [2.05, 4.69) is 11.8 Å². The Kier molecular flexibility index (Phi) is 4.87. The molecular weight excluding hydrogens is 382 g/mol. The number of rotatable bonds is 3. The molecule has 1 saturated heterocycles. The maximum atomic E-state index is 13.3. The van der Waals surface area contributed by atoms with Crippen molar-refractivity contribution < 1.29 is 19.0 Å².